The van der Waals surface area contributed by atoms with Gasteiger partial charge in [-0.05, 0) is 47.6 Å². The highest BCUT2D eigenvalue weighted by molar-refractivity contribution is 14.1. The normalized spacial score (nSPS) is 14.0. The molecule has 2 aromatic rings. The first kappa shape index (κ1) is 14.0. The van der Waals surface area contributed by atoms with Gasteiger partial charge < -0.3 is 9.88 Å². The fraction of sp³-hybridized carbons (Fsp3) is 0.231. The van der Waals surface area contributed by atoms with E-state index in [-0.39, 0.29) is 17.6 Å². The number of pyridine rings is 1. The van der Waals surface area contributed by atoms with Gasteiger partial charge in [-0.1, -0.05) is 0 Å². The number of halogens is 1. The smallest absolute Gasteiger partial charge is 0.287 e. The molecule has 8 heteroatoms. The first-order chi connectivity index (χ1) is 10.0. The Morgan fingerprint density at radius 1 is 1.48 bits per heavy atom. The summed E-state index contributed by atoms with van der Waals surface area (Å²) in [6.45, 7) is 0. The molecule has 3 rings (SSSR count). The second-order valence-electron chi connectivity index (χ2n) is 4.79. The molecule has 1 fully saturated rings. The average molecular weight is 398 g/mol. The number of hydrogen-bond acceptors (Lipinski definition) is 4. The van der Waals surface area contributed by atoms with Crippen LogP contribution in [0.1, 0.15) is 29.4 Å². The zero-order valence-electron chi connectivity index (χ0n) is 10.8. The van der Waals surface area contributed by atoms with E-state index in [0.717, 1.165) is 16.4 Å². The van der Waals surface area contributed by atoms with Gasteiger partial charge in [0.15, 0.2) is 0 Å². The number of aromatic nitrogens is 2. The molecule has 0 aliphatic heterocycles. The lowest BCUT2D eigenvalue weighted by molar-refractivity contribution is -0.384. The van der Waals surface area contributed by atoms with Crippen LogP contribution in [-0.4, -0.2) is 20.4 Å². The number of anilines is 1. The summed E-state index contributed by atoms with van der Waals surface area (Å²) in [5, 5.41) is 13.5. The molecule has 1 N–H and O–H groups in total. The lowest BCUT2D eigenvalue weighted by Gasteiger charge is -2.07. The van der Waals surface area contributed by atoms with Gasteiger partial charge in [-0.3, -0.25) is 14.9 Å². The fourth-order valence-corrected chi connectivity index (χ4v) is 2.35. The Balaban J connectivity index is 1.86. The predicted octanol–water partition coefficient (Wildman–Crippen LogP) is 2.98. The Hall–Kier alpha value is -1.97. The van der Waals surface area contributed by atoms with E-state index in [1.165, 1.54) is 12.3 Å². The highest BCUT2D eigenvalue weighted by Gasteiger charge is 2.30. The minimum Gasteiger partial charge on any atom is -0.334 e. The summed E-state index contributed by atoms with van der Waals surface area (Å²) in [6, 6.07) is 5.01. The molecule has 0 spiro atoms. The van der Waals surface area contributed by atoms with Gasteiger partial charge in [0.05, 0.1) is 11.1 Å². The summed E-state index contributed by atoms with van der Waals surface area (Å²) in [7, 11) is 0. The predicted molar refractivity (Wildman–Crippen MR) is 84.3 cm³/mol. The summed E-state index contributed by atoms with van der Waals surface area (Å²) < 4.78 is 2.64. The van der Waals surface area contributed by atoms with Gasteiger partial charge in [-0.2, -0.15) is 0 Å². The lowest BCUT2D eigenvalue weighted by Crippen LogP contribution is -2.17. The van der Waals surface area contributed by atoms with Crippen molar-refractivity contribution in [3.8, 4) is 0 Å². The first-order valence-electron chi connectivity index (χ1n) is 6.34. The highest BCUT2D eigenvalue weighted by Crippen LogP contribution is 2.38. The molecule has 1 saturated carbocycles. The lowest BCUT2D eigenvalue weighted by atomic mass is 10.3. The van der Waals surface area contributed by atoms with Crippen molar-refractivity contribution in [1.29, 1.82) is 0 Å². The van der Waals surface area contributed by atoms with Crippen LogP contribution in [0.3, 0.4) is 0 Å². The first-order valence-corrected chi connectivity index (χ1v) is 7.41. The number of nitrogens with zero attached hydrogens (tertiary/aromatic N) is 3. The third-order valence-electron chi connectivity index (χ3n) is 3.19. The zero-order valence-corrected chi connectivity index (χ0v) is 13.0. The fourth-order valence-electron chi connectivity index (χ4n) is 2.03. The number of carbonyl (C=O) groups is 1. The van der Waals surface area contributed by atoms with Crippen LogP contribution in [0.2, 0.25) is 0 Å². The van der Waals surface area contributed by atoms with E-state index < -0.39 is 4.92 Å². The molecule has 108 valence electrons. The monoisotopic (exact) mass is 398 g/mol. The van der Waals surface area contributed by atoms with Crippen molar-refractivity contribution in [2.45, 2.75) is 18.9 Å². The van der Waals surface area contributed by atoms with Crippen molar-refractivity contribution in [3.63, 3.8) is 0 Å². The van der Waals surface area contributed by atoms with Crippen LogP contribution in [-0.2, 0) is 0 Å². The number of nitrogens with one attached hydrogen (secondary N) is 1. The Bertz CT molecular complexity index is 707. The Morgan fingerprint density at radius 3 is 2.81 bits per heavy atom. The maximum atomic E-state index is 12.3. The molecular weight excluding hydrogens is 387 g/mol. The van der Waals surface area contributed by atoms with E-state index in [4.69, 9.17) is 0 Å². The minimum atomic E-state index is -0.487. The summed E-state index contributed by atoms with van der Waals surface area (Å²) in [6.07, 6.45) is 4.94. The number of rotatable bonds is 4. The second-order valence-corrected chi connectivity index (χ2v) is 6.04. The molecule has 2 aromatic heterocycles. The summed E-state index contributed by atoms with van der Waals surface area (Å²) in [4.78, 5) is 26.8. The molecule has 0 unspecified atom stereocenters. The Kier molecular flexibility index (Phi) is 3.62. The van der Waals surface area contributed by atoms with Crippen molar-refractivity contribution >= 4 is 40.0 Å². The van der Waals surface area contributed by atoms with Gasteiger partial charge in [0, 0.05) is 21.9 Å². The number of amides is 1. The number of carbonyl (C=O) groups excluding carboxylic acids is 1. The van der Waals surface area contributed by atoms with Crippen molar-refractivity contribution in [2.75, 3.05) is 5.32 Å². The largest absolute Gasteiger partial charge is 0.334 e. The van der Waals surface area contributed by atoms with Gasteiger partial charge in [-0.25, -0.2) is 4.98 Å². The van der Waals surface area contributed by atoms with Gasteiger partial charge in [-0.15, -0.1) is 0 Å². The summed E-state index contributed by atoms with van der Waals surface area (Å²) >= 11 is 2.12. The van der Waals surface area contributed by atoms with E-state index in [9.17, 15) is 14.9 Å². The molecule has 0 atom stereocenters. The van der Waals surface area contributed by atoms with Crippen molar-refractivity contribution in [3.05, 3.63) is 50.0 Å². The van der Waals surface area contributed by atoms with E-state index >= 15 is 0 Å². The van der Waals surface area contributed by atoms with Crippen LogP contribution >= 0.6 is 22.6 Å². The van der Waals surface area contributed by atoms with Crippen molar-refractivity contribution < 1.29 is 9.72 Å². The standard InChI is InChI=1S/C13H11IN4O3/c14-8-1-4-12(15-6-8)16-13(19)11-5-10(18(20)21)7-17(11)9-2-3-9/h1,4-7,9H,2-3H2,(H,15,16,19). The highest BCUT2D eigenvalue weighted by atomic mass is 127. The maximum Gasteiger partial charge on any atom is 0.287 e. The van der Waals surface area contributed by atoms with Crippen LogP contribution in [0.25, 0.3) is 0 Å². The van der Waals surface area contributed by atoms with Crippen LogP contribution in [0.5, 0.6) is 0 Å². The Labute approximate surface area is 133 Å². The molecule has 21 heavy (non-hydrogen) atoms. The molecule has 2 heterocycles. The molecule has 0 saturated heterocycles. The SMILES string of the molecule is O=C(Nc1ccc(I)cn1)c1cc([N+](=O)[O-])cn1C1CC1. The molecule has 1 aliphatic carbocycles. The van der Waals surface area contributed by atoms with Crippen LogP contribution in [0.15, 0.2) is 30.6 Å². The van der Waals surface area contributed by atoms with Crippen LogP contribution in [0.4, 0.5) is 11.5 Å². The zero-order chi connectivity index (χ0) is 15.0. The quantitative estimate of drug-likeness (QED) is 0.487. The average Bonchev–Trinajstić information content (AvgIpc) is 3.19. The molecule has 1 aliphatic rings. The van der Waals surface area contributed by atoms with Crippen molar-refractivity contribution in [2.24, 2.45) is 0 Å². The molecular formula is C13H11IN4O3. The van der Waals surface area contributed by atoms with Gasteiger partial charge in [0.1, 0.15) is 11.5 Å². The molecule has 0 aromatic carbocycles. The summed E-state index contributed by atoms with van der Waals surface area (Å²) in [5.74, 6) is 0.0373. The van der Waals surface area contributed by atoms with Gasteiger partial charge >= 0.3 is 0 Å². The topological polar surface area (TPSA) is 90.1 Å². The molecule has 1 amide bonds. The summed E-state index contributed by atoms with van der Waals surface area (Å²) in [5.41, 5.74) is 0.229. The third kappa shape index (κ3) is 3.04. The van der Waals surface area contributed by atoms with E-state index in [1.807, 2.05) is 6.07 Å². The van der Waals surface area contributed by atoms with Gasteiger partial charge in [0.2, 0.25) is 0 Å². The van der Waals surface area contributed by atoms with Crippen LogP contribution in [0, 0.1) is 13.7 Å². The second kappa shape index (κ2) is 5.43. The van der Waals surface area contributed by atoms with E-state index in [0.29, 0.717) is 11.5 Å². The number of nitro groups is 1. The Morgan fingerprint density at radius 2 is 2.24 bits per heavy atom. The van der Waals surface area contributed by atoms with Crippen molar-refractivity contribution in [1.82, 2.24) is 9.55 Å². The third-order valence-corrected chi connectivity index (χ3v) is 3.82. The number of hydrogen-bond donors (Lipinski definition) is 1. The molecule has 0 radical (unpaired) electrons. The van der Waals surface area contributed by atoms with E-state index in [1.54, 1.807) is 16.8 Å². The molecule has 0 bridgehead atoms. The van der Waals surface area contributed by atoms with Crippen LogP contribution < -0.4 is 5.32 Å². The van der Waals surface area contributed by atoms with E-state index in [2.05, 4.69) is 32.9 Å². The molecule has 7 nitrogen and oxygen atoms in total. The minimum absolute atomic E-state index is 0.0670. The van der Waals surface area contributed by atoms with Gasteiger partial charge in [0.25, 0.3) is 11.6 Å². The maximum absolute atomic E-state index is 12.3.